The largest absolute Gasteiger partial charge is 0.388 e. The first-order valence-corrected chi connectivity index (χ1v) is 9.51. The molecule has 20 heavy (non-hydrogen) atoms. The van der Waals surface area contributed by atoms with Crippen molar-refractivity contribution in [2.45, 2.75) is 32.8 Å². The predicted molar refractivity (Wildman–Crippen MR) is 107 cm³/mol. The highest BCUT2D eigenvalue weighted by molar-refractivity contribution is 14.1. The van der Waals surface area contributed by atoms with Gasteiger partial charge < -0.3 is 10.4 Å². The third-order valence-electron chi connectivity index (χ3n) is 2.72. The van der Waals surface area contributed by atoms with Crippen LogP contribution in [0.3, 0.4) is 0 Å². The Morgan fingerprint density at radius 3 is 2.50 bits per heavy atom. The van der Waals surface area contributed by atoms with E-state index >= 15 is 0 Å². The first-order chi connectivity index (χ1) is 9.12. The van der Waals surface area contributed by atoms with Crippen LogP contribution in [0.1, 0.15) is 37.6 Å². The van der Waals surface area contributed by atoms with Crippen LogP contribution < -0.4 is 5.32 Å². The van der Waals surface area contributed by atoms with E-state index in [1.54, 1.807) is 6.92 Å². The smallest absolute Gasteiger partial charge is 0.252 e. The standard InChI is InChI=1S/C14H18I3NO2/c1-8(2)6-14(3,20)7-18-13(19)10-4-9(15)5-11(16)12(10)17/h4-5,8,20H,6-7H2,1-3H3,(H,18,19). The molecule has 3 nitrogen and oxygen atoms in total. The molecule has 0 aliphatic heterocycles. The van der Waals surface area contributed by atoms with Crippen LogP contribution in [-0.4, -0.2) is 23.2 Å². The van der Waals surface area contributed by atoms with Gasteiger partial charge in [0, 0.05) is 17.3 Å². The van der Waals surface area contributed by atoms with Crippen molar-refractivity contribution in [1.29, 1.82) is 0 Å². The molecule has 0 aromatic heterocycles. The minimum absolute atomic E-state index is 0.130. The van der Waals surface area contributed by atoms with Crippen LogP contribution in [0, 0.1) is 16.6 Å². The first-order valence-electron chi connectivity index (χ1n) is 6.27. The van der Waals surface area contributed by atoms with Gasteiger partial charge in [-0.25, -0.2) is 0 Å². The van der Waals surface area contributed by atoms with Crippen LogP contribution in [0.2, 0.25) is 0 Å². The van der Waals surface area contributed by atoms with Gasteiger partial charge in [-0.3, -0.25) is 4.79 Å². The Morgan fingerprint density at radius 2 is 1.95 bits per heavy atom. The Bertz CT molecular complexity index is 501. The highest BCUT2D eigenvalue weighted by atomic mass is 127. The van der Waals surface area contributed by atoms with E-state index in [0.29, 0.717) is 17.9 Å². The number of amides is 1. The molecule has 0 saturated carbocycles. The van der Waals surface area contributed by atoms with Crippen LogP contribution >= 0.6 is 67.8 Å². The van der Waals surface area contributed by atoms with Gasteiger partial charge in [-0.15, -0.1) is 0 Å². The lowest BCUT2D eigenvalue weighted by molar-refractivity contribution is 0.0368. The first kappa shape index (κ1) is 18.9. The molecule has 0 heterocycles. The molecular formula is C14H18I3NO2. The van der Waals surface area contributed by atoms with Gasteiger partial charge in [-0.1, -0.05) is 13.8 Å². The second kappa shape index (κ2) is 7.91. The maximum Gasteiger partial charge on any atom is 0.252 e. The van der Waals surface area contributed by atoms with Crippen molar-refractivity contribution in [3.63, 3.8) is 0 Å². The maximum absolute atomic E-state index is 12.3. The summed E-state index contributed by atoms with van der Waals surface area (Å²) in [5.41, 5.74) is -0.202. The van der Waals surface area contributed by atoms with Crippen molar-refractivity contribution < 1.29 is 9.90 Å². The van der Waals surface area contributed by atoms with E-state index in [-0.39, 0.29) is 12.5 Å². The van der Waals surface area contributed by atoms with Gasteiger partial charge in [0.05, 0.1) is 11.2 Å². The van der Waals surface area contributed by atoms with E-state index in [2.05, 4.69) is 86.9 Å². The molecule has 0 bridgehead atoms. The summed E-state index contributed by atoms with van der Waals surface area (Å²) in [6.07, 6.45) is 0.661. The number of hydrogen-bond acceptors (Lipinski definition) is 2. The Balaban J connectivity index is 2.78. The summed E-state index contributed by atoms with van der Waals surface area (Å²) in [6, 6.07) is 3.91. The van der Waals surface area contributed by atoms with Crippen molar-refractivity contribution >= 4 is 73.7 Å². The minimum Gasteiger partial charge on any atom is -0.388 e. The molecule has 1 aromatic carbocycles. The third-order valence-corrected chi connectivity index (χ3v) is 6.38. The van der Waals surface area contributed by atoms with Crippen molar-refractivity contribution in [2.24, 2.45) is 5.92 Å². The average Bonchev–Trinajstić information content (AvgIpc) is 2.29. The highest BCUT2D eigenvalue weighted by Crippen LogP contribution is 2.23. The van der Waals surface area contributed by atoms with Crippen LogP contribution in [0.4, 0.5) is 0 Å². The molecule has 2 N–H and O–H groups in total. The third kappa shape index (κ3) is 5.91. The van der Waals surface area contributed by atoms with Gasteiger partial charge in [-0.05, 0) is 99.2 Å². The van der Waals surface area contributed by atoms with E-state index < -0.39 is 5.60 Å². The monoisotopic (exact) mass is 613 g/mol. The number of carbonyl (C=O) groups excluding carboxylic acids is 1. The molecule has 0 saturated heterocycles. The van der Waals surface area contributed by atoms with Gasteiger partial charge in [0.25, 0.3) is 5.91 Å². The molecule has 0 aliphatic carbocycles. The molecule has 0 radical (unpaired) electrons. The molecule has 0 aliphatic rings. The molecule has 0 fully saturated rings. The topological polar surface area (TPSA) is 49.3 Å². The van der Waals surface area contributed by atoms with Gasteiger partial charge in [0.15, 0.2) is 0 Å². The number of hydrogen-bond donors (Lipinski definition) is 2. The molecule has 0 spiro atoms. The van der Waals surface area contributed by atoms with Gasteiger partial charge in [0.1, 0.15) is 0 Å². The predicted octanol–water partition coefficient (Wildman–Crippen LogP) is 4.03. The Morgan fingerprint density at radius 1 is 1.35 bits per heavy atom. The highest BCUT2D eigenvalue weighted by Gasteiger charge is 2.23. The molecule has 1 amide bonds. The van der Waals surface area contributed by atoms with E-state index in [4.69, 9.17) is 0 Å². The summed E-state index contributed by atoms with van der Waals surface area (Å²) in [5, 5.41) is 13.1. The molecular weight excluding hydrogens is 595 g/mol. The molecule has 6 heteroatoms. The van der Waals surface area contributed by atoms with E-state index in [9.17, 15) is 9.90 Å². The molecule has 1 aromatic rings. The lowest BCUT2D eigenvalue weighted by Crippen LogP contribution is -2.41. The number of nitrogens with one attached hydrogen (secondary N) is 1. The van der Waals surface area contributed by atoms with E-state index in [0.717, 1.165) is 10.7 Å². The van der Waals surface area contributed by atoms with Crippen molar-refractivity contribution in [3.8, 4) is 0 Å². The molecule has 112 valence electrons. The SMILES string of the molecule is CC(C)CC(C)(O)CNC(=O)c1cc(I)cc(I)c1I. The Hall–Kier alpha value is 0.840. The summed E-state index contributed by atoms with van der Waals surface area (Å²) in [4.78, 5) is 12.3. The van der Waals surface area contributed by atoms with Crippen molar-refractivity contribution in [1.82, 2.24) is 5.32 Å². The fraction of sp³-hybridized carbons (Fsp3) is 0.500. The second-order valence-corrected chi connectivity index (χ2v) is 9.01. The number of halogens is 3. The molecule has 1 rings (SSSR count). The lowest BCUT2D eigenvalue weighted by atomic mass is 9.94. The van der Waals surface area contributed by atoms with Crippen LogP contribution in [-0.2, 0) is 0 Å². The van der Waals surface area contributed by atoms with E-state index in [1.165, 1.54) is 0 Å². The zero-order valence-corrected chi connectivity index (χ0v) is 18.1. The zero-order chi connectivity index (χ0) is 15.5. The lowest BCUT2D eigenvalue weighted by Gasteiger charge is -2.25. The summed E-state index contributed by atoms with van der Waals surface area (Å²) < 4.78 is 3.05. The zero-order valence-electron chi connectivity index (χ0n) is 11.6. The van der Waals surface area contributed by atoms with Gasteiger partial charge in [-0.2, -0.15) is 0 Å². The minimum atomic E-state index is -0.871. The van der Waals surface area contributed by atoms with Gasteiger partial charge in [0.2, 0.25) is 0 Å². The number of aliphatic hydroxyl groups is 1. The van der Waals surface area contributed by atoms with Crippen molar-refractivity contribution in [2.75, 3.05) is 6.54 Å². The summed E-state index contributed by atoms with van der Waals surface area (Å²) >= 11 is 6.62. The number of rotatable bonds is 5. The molecule has 1 unspecified atom stereocenters. The summed E-state index contributed by atoms with van der Waals surface area (Å²) in [5.74, 6) is 0.260. The number of benzene rings is 1. The number of carbonyl (C=O) groups is 1. The second-order valence-electron chi connectivity index (χ2n) is 5.53. The van der Waals surface area contributed by atoms with E-state index in [1.807, 2.05) is 12.1 Å². The fourth-order valence-electron chi connectivity index (χ4n) is 2.04. The van der Waals surface area contributed by atoms with Crippen LogP contribution in [0.25, 0.3) is 0 Å². The van der Waals surface area contributed by atoms with Crippen LogP contribution in [0.5, 0.6) is 0 Å². The quantitative estimate of drug-likeness (QED) is 0.390. The summed E-state index contributed by atoms with van der Waals surface area (Å²) in [6.45, 7) is 6.14. The molecule has 1 atom stereocenters. The Labute approximate surface area is 161 Å². The van der Waals surface area contributed by atoms with Crippen LogP contribution in [0.15, 0.2) is 12.1 Å². The normalized spacial score (nSPS) is 14.2. The summed E-state index contributed by atoms with van der Waals surface area (Å²) in [7, 11) is 0. The maximum atomic E-state index is 12.3. The fourth-order valence-corrected chi connectivity index (χ4v) is 4.44. The van der Waals surface area contributed by atoms with Gasteiger partial charge >= 0.3 is 0 Å². The average molecular weight is 613 g/mol. The van der Waals surface area contributed by atoms with Crippen molar-refractivity contribution in [3.05, 3.63) is 28.4 Å². The Kier molecular flexibility index (Phi) is 7.47.